The van der Waals surface area contributed by atoms with Crippen molar-refractivity contribution in [1.82, 2.24) is 14.9 Å². The van der Waals surface area contributed by atoms with Crippen LogP contribution in [0.25, 0.3) is 0 Å². The normalized spacial score (nSPS) is 18.0. The highest BCUT2D eigenvalue weighted by Gasteiger charge is 2.35. The van der Waals surface area contributed by atoms with E-state index in [4.69, 9.17) is 0 Å². The molecule has 2 fully saturated rings. The number of halogens is 1. The maximum atomic E-state index is 13.0. The predicted molar refractivity (Wildman–Crippen MR) is 89.4 cm³/mol. The van der Waals surface area contributed by atoms with E-state index in [1.54, 1.807) is 29.3 Å². The number of aromatic nitrogens is 2. The molecule has 1 N–H and O–H groups in total. The number of rotatable bonds is 6. The molecule has 0 spiro atoms. The van der Waals surface area contributed by atoms with Crippen molar-refractivity contribution < 1.29 is 14.3 Å². The van der Waals surface area contributed by atoms with E-state index in [9.17, 15) is 14.3 Å². The first-order valence-electron chi connectivity index (χ1n) is 8.69. The summed E-state index contributed by atoms with van der Waals surface area (Å²) in [5.74, 6) is 0.597. The van der Waals surface area contributed by atoms with Crippen LogP contribution in [0.2, 0.25) is 0 Å². The molecule has 1 aromatic heterocycles. The Morgan fingerprint density at radius 2 is 1.92 bits per heavy atom. The Morgan fingerprint density at radius 3 is 2.56 bits per heavy atom. The summed E-state index contributed by atoms with van der Waals surface area (Å²) in [5.41, 5.74) is 0.983. The number of carbonyl (C=O) groups excluding carboxylic acids is 1. The van der Waals surface area contributed by atoms with Gasteiger partial charge in [0, 0.05) is 18.2 Å². The van der Waals surface area contributed by atoms with Crippen LogP contribution in [0.15, 0.2) is 36.5 Å². The second-order valence-electron chi connectivity index (χ2n) is 6.83. The fourth-order valence-electron chi connectivity index (χ4n) is 2.94. The van der Waals surface area contributed by atoms with E-state index in [0.717, 1.165) is 31.5 Å². The van der Waals surface area contributed by atoms with Crippen molar-refractivity contribution in [2.24, 2.45) is 0 Å². The Hall–Kier alpha value is -2.34. The molecule has 130 valence electrons. The second kappa shape index (κ2) is 6.52. The van der Waals surface area contributed by atoms with E-state index in [1.165, 1.54) is 12.1 Å². The molecule has 2 aliphatic rings. The number of nitrogens with zero attached hydrogens (tertiary/aromatic N) is 3. The summed E-state index contributed by atoms with van der Waals surface area (Å²) in [7, 11) is 0. The molecule has 5 nitrogen and oxygen atoms in total. The lowest BCUT2D eigenvalue weighted by Crippen LogP contribution is -2.37. The third-order valence-electron chi connectivity index (χ3n) is 4.71. The quantitative estimate of drug-likeness (QED) is 0.877. The minimum absolute atomic E-state index is 0.141. The molecule has 1 aromatic carbocycles. The van der Waals surface area contributed by atoms with Crippen molar-refractivity contribution in [2.75, 3.05) is 6.54 Å². The topological polar surface area (TPSA) is 66.3 Å². The van der Waals surface area contributed by atoms with Crippen molar-refractivity contribution in [3.63, 3.8) is 0 Å². The van der Waals surface area contributed by atoms with Crippen LogP contribution in [-0.4, -0.2) is 38.5 Å². The van der Waals surface area contributed by atoms with Crippen molar-refractivity contribution in [3.8, 4) is 0 Å². The molecule has 6 heteroatoms. The average Bonchev–Trinajstić information content (AvgIpc) is 3.51. The van der Waals surface area contributed by atoms with Crippen molar-refractivity contribution in [1.29, 1.82) is 0 Å². The van der Waals surface area contributed by atoms with Gasteiger partial charge in [-0.2, -0.15) is 0 Å². The zero-order chi connectivity index (χ0) is 17.4. The van der Waals surface area contributed by atoms with Crippen LogP contribution >= 0.6 is 0 Å². The molecule has 0 radical (unpaired) electrons. The zero-order valence-electron chi connectivity index (χ0n) is 13.8. The van der Waals surface area contributed by atoms with Crippen LogP contribution in [0.4, 0.5) is 4.39 Å². The summed E-state index contributed by atoms with van der Waals surface area (Å²) in [6, 6.07) is 7.49. The molecule has 0 aliphatic heterocycles. The molecule has 4 rings (SSSR count). The Kier molecular flexibility index (Phi) is 4.21. The molecular weight excluding hydrogens is 321 g/mol. The van der Waals surface area contributed by atoms with E-state index in [1.807, 2.05) is 0 Å². The fraction of sp³-hybridized carbons (Fsp3) is 0.421. The number of hydrogen-bond acceptors (Lipinski definition) is 4. The zero-order valence-corrected chi connectivity index (χ0v) is 13.8. The highest BCUT2D eigenvalue weighted by molar-refractivity contribution is 5.92. The van der Waals surface area contributed by atoms with E-state index in [2.05, 4.69) is 9.97 Å². The fourth-order valence-corrected chi connectivity index (χ4v) is 2.94. The Labute approximate surface area is 145 Å². The average molecular weight is 341 g/mol. The van der Waals surface area contributed by atoms with Gasteiger partial charge >= 0.3 is 0 Å². The third kappa shape index (κ3) is 3.69. The number of carbonyl (C=O) groups is 1. The SMILES string of the molecule is O=C(c1ccnc(C2CC2)n1)N(CC(O)c1ccc(F)cc1)C1CC1. The molecule has 1 unspecified atom stereocenters. The number of aliphatic hydroxyl groups is 1. The van der Waals surface area contributed by atoms with Gasteiger partial charge in [-0.05, 0) is 49.4 Å². The maximum Gasteiger partial charge on any atom is 0.272 e. The molecule has 0 saturated heterocycles. The molecule has 1 atom stereocenters. The molecule has 2 saturated carbocycles. The number of amides is 1. The lowest BCUT2D eigenvalue weighted by atomic mass is 10.1. The van der Waals surface area contributed by atoms with Gasteiger partial charge < -0.3 is 10.0 Å². The number of benzene rings is 1. The summed E-state index contributed by atoms with van der Waals surface area (Å²) in [6.45, 7) is 0.178. The van der Waals surface area contributed by atoms with Gasteiger partial charge in [-0.1, -0.05) is 12.1 Å². The second-order valence-corrected chi connectivity index (χ2v) is 6.83. The molecule has 0 bridgehead atoms. The van der Waals surface area contributed by atoms with E-state index in [0.29, 0.717) is 17.2 Å². The van der Waals surface area contributed by atoms with Gasteiger partial charge in [-0.3, -0.25) is 4.79 Å². The molecule has 2 aliphatic carbocycles. The smallest absolute Gasteiger partial charge is 0.272 e. The van der Waals surface area contributed by atoms with Crippen LogP contribution < -0.4 is 0 Å². The monoisotopic (exact) mass is 341 g/mol. The van der Waals surface area contributed by atoms with Crippen LogP contribution in [-0.2, 0) is 0 Å². The van der Waals surface area contributed by atoms with E-state index < -0.39 is 6.10 Å². The Morgan fingerprint density at radius 1 is 1.20 bits per heavy atom. The first kappa shape index (κ1) is 16.1. The van der Waals surface area contributed by atoms with Crippen LogP contribution in [0.1, 0.15) is 59.6 Å². The van der Waals surface area contributed by atoms with Crippen LogP contribution in [0, 0.1) is 5.82 Å². The van der Waals surface area contributed by atoms with Crippen LogP contribution in [0.5, 0.6) is 0 Å². The first-order chi connectivity index (χ1) is 12.1. The summed E-state index contributed by atoms with van der Waals surface area (Å²) >= 11 is 0. The summed E-state index contributed by atoms with van der Waals surface area (Å²) in [6.07, 6.45) is 4.80. The van der Waals surface area contributed by atoms with Gasteiger partial charge in [-0.15, -0.1) is 0 Å². The minimum atomic E-state index is -0.852. The molecule has 1 heterocycles. The molecular formula is C19H20FN3O2. The minimum Gasteiger partial charge on any atom is -0.387 e. The van der Waals surface area contributed by atoms with Crippen LogP contribution in [0.3, 0.4) is 0 Å². The van der Waals surface area contributed by atoms with Crippen molar-refractivity contribution in [3.05, 3.63) is 59.4 Å². The highest BCUT2D eigenvalue weighted by Crippen LogP contribution is 2.38. The highest BCUT2D eigenvalue weighted by atomic mass is 19.1. The largest absolute Gasteiger partial charge is 0.387 e. The van der Waals surface area contributed by atoms with Gasteiger partial charge in [0.1, 0.15) is 17.3 Å². The van der Waals surface area contributed by atoms with Gasteiger partial charge in [0.05, 0.1) is 12.6 Å². The number of aliphatic hydroxyl groups excluding tert-OH is 1. The lowest BCUT2D eigenvalue weighted by molar-refractivity contribution is 0.0597. The summed E-state index contributed by atoms with van der Waals surface area (Å²) in [5, 5.41) is 10.5. The van der Waals surface area contributed by atoms with Crippen molar-refractivity contribution in [2.45, 2.75) is 43.7 Å². The van der Waals surface area contributed by atoms with E-state index >= 15 is 0 Å². The van der Waals surface area contributed by atoms with E-state index in [-0.39, 0.29) is 24.3 Å². The Bertz CT molecular complexity index is 772. The lowest BCUT2D eigenvalue weighted by Gasteiger charge is -2.25. The number of hydrogen-bond donors (Lipinski definition) is 1. The van der Waals surface area contributed by atoms with Gasteiger partial charge in [-0.25, -0.2) is 14.4 Å². The van der Waals surface area contributed by atoms with Gasteiger partial charge in [0.15, 0.2) is 0 Å². The standard InChI is InChI=1S/C19H20FN3O2/c20-14-5-3-12(4-6-14)17(24)11-23(15-7-8-15)19(25)16-9-10-21-18(22-16)13-1-2-13/h3-6,9-10,13,15,17,24H,1-2,7-8,11H2. The van der Waals surface area contributed by atoms with Crippen molar-refractivity contribution >= 4 is 5.91 Å². The Balaban J connectivity index is 1.51. The third-order valence-corrected chi connectivity index (χ3v) is 4.71. The predicted octanol–water partition coefficient (Wildman–Crippen LogP) is 2.83. The molecule has 2 aromatic rings. The summed E-state index contributed by atoms with van der Waals surface area (Å²) in [4.78, 5) is 23.3. The molecule has 25 heavy (non-hydrogen) atoms. The van der Waals surface area contributed by atoms with Gasteiger partial charge in [0.2, 0.25) is 0 Å². The summed E-state index contributed by atoms with van der Waals surface area (Å²) < 4.78 is 13.0. The van der Waals surface area contributed by atoms with Gasteiger partial charge in [0.25, 0.3) is 5.91 Å². The first-order valence-corrected chi connectivity index (χ1v) is 8.69. The molecule has 1 amide bonds. The maximum absolute atomic E-state index is 13.0.